The molecule has 0 aromatic rings. The summed E-state index contributed by atoms with van der Waals surface area (Å²) in [6.45, 7) is 14.4. The van der Waals surface area contributed by atoms with Crippen molar-refractivity contribution in [2.45, 2.75) is 71.9 Å². The Balaban J connectivity index is 2.41. The van der Waals surface area contributed by atoms with Gasteiger partial charge in [-0.25, -0.2) is 0 Å². The van der Waals surface area contributed by atoms with E-state index in [-0.39, 0.29) is 0 Å². The number of morpholine rings is 1. The van der Waals surface area contributed by atoms with Crippen molar-refractivity contribution in [3.05, 3.63) is 0 Å². The number of hydrogen-bond donors (Lipinski definition) is 1. The van der Waals surface area contributed by atoms with Gasteiger partial charge in [-0.15, -0.1) is 0 Å². The normalized spacial score (nSPS) is 20.2. The molecule has 1 rings (SSSR count). The number of hydrogen-bond acceptors (Lipinski definition) is 3. The van der Waals surface area contributed by atoms with E-state index in [1.54, 1.807) is 0 Å². The highest BCUT2D eigenvalue weighted by molar-refractivity contribution is 4.79. The van der Waals surface area contributed by atoms with E-state index in [1.807, 2.05) is 0 Å². The van der Waals surface area contributed by atoms with E-state index in [0.29, 0.717) is 12.1 Å². The molecule has 0 amide bonds. The Kier molecular flexibility index (Phi) is 9.49. The zero-order valence-electron chi connectivity index (χ0n) is 14.2. The minimum Gasteiger partial charge on any atom is -0.379 e. The molecule has 1 fully saturated rings. The molecule has 0 spiro atoms. The van der Waals surface area contributed by atoms with Crippen LogP contribution < -0.4 is 5.32 Å². The van der Waals surface area contributed by atoms with Crippen molar-refractivity contribution in [1.29, 1.82) is 0 Å². The second-order valence-corrected chi connectivity index (χ2v) is 6.59. The highest BCUT2D eigenvalue weighted by atomic mass is 16.5. The predicted molar refractivity (Wildman–Crippen MR) is 87.2 cm³/mol. The third kappa shape index (κ3) is 7.05. The van der Waals surface area contributed by atoms with Crippen LogP contribution in [-0.2, 0) is 4.74 Å². The quantitative estimate of drug-likeness (QED) is 0.666. The van der Waals surface area contributed by atoms with Gasteiger partial charge in [0, 0.05) is 31.7 Å². The van der Waals surface area contributed by atoms with E-state index in [4.69, 9.17) is 4.74 Å². The summed E-state index contributed by atoms with van der Waals surface area (Å²) in [4.78, 5) is 2.63. The minimum atomic E-state index is 0.676. The molecule has 3 nitrogen and oxygen atoms in total. The van der Waals surface area contributed by atoms with Crippen molar-refractivity contribution in [2.75, 3.05) is 32.8 Å². The Morgan fingerprint density at radius 1 is 1.15 bits per heavy atom. The van der Waals surface area contributed by atoms with Crippen LogP contribution in [0.5, 0.6) is 0 Å². The van der Waals surface area contributed by atoms with Crippen LogP contribution >= 0.6 is 0 Å². The van der Waals surface area contributed by atoms with Gasteiger partial charge in [0.05, 0.1) is 13.2 Å². The number of unbranched alkanes of at least 4 members (excludes halogenated alkanes) is 1. The largest absolute Gasteiger partial charge is 0.379 e. The summed E-state index contributed by atoms with van der Waals surface area (Å²) in [5.74, 6) is 0.764. The Bertz CT molecular complexity index is 227. The van der Waals surface area contributed by atoms with E-state index in [9.17, 15) is 0 Å². The van der Waals surface area contributed by atoms with Gasteiger partial charge in [0.25, 0.3) is 0 Å². The highest BCUT2D eigenvalue weighted by Crippen LogP contribution is 2.14. The molecule has 1 N–H and O–H groups in total. The predicted octanol–water partition coefficient (Wildman–Crippen LogP) is 3.29. The fourth-order valence-corrected chi connectivity index (χ4v) is 3.05. The zero-order chi connectivity index (χ0) is 14.8. The van der Waals surface area contributed by atoms with Crippen LogP contribution in [0.2, 0.25) is 0 Å². The average Bonchev–Trinajstić information content (AvgIpc) is 2.46. The standard InChI is InChI=1S/C17H36N2O/c1-5-7-8-16(6-2)18-14-17(13-15(3)4)19-9-11-20-12-10-19/h15-18H,5-14H2,1-4H3. The lowest BCUT2D eigenvalue weighted by Crippen LogP contribution is -2.49. The Morgan fingerprint density at radius 3 is 2.40 bits per heavy atom. The zero-order valence-corrected chi connectivity index (χ0v) is 14.2. The molecule has 0 aliphatic carbocycles. The van der Waals surface area contributed by atoms with E-state index in [0.717, 1.165) is 38.8 Å². The van der Waals surface area contributed by atoms with Crippen molar-refractivity contribution in [3.63, 3.8) is 0 Å². The molecule has 1 aliphatic heterocycles. The molecule has 0 saturated carbocycles. The molecule has 1 saturated heterocycles. The number of nitrogens with one attached hydrogen (secondary N) is 1. The Labute approximate surface area is 126 Å². The molecular weight excluding hydrogens is 248 g/mol. The molecular formula is C17H36N2O. The molecule has 20 heavy (non-hydrogen) atoms. The van der Waals surface area contributed by atoms with Crippen molar-refractivity contribution in [1.82, 2.24) is 10.2 Å². The topological polar surface area (TPSA) is 24.5 Å². The second kappa shape index (κ2) is 10.6. The van der Waals surface area contributed by atoms with Crippen molar-refractivity contribution in [3.8, 4) is 0 Å². The molecule has 2 atom stereocenters. The summed E-state index contributed by atoms with van der Waals surface area (Å²) in [7, 11) is 0. The van der Waals surface area contributed by atoms with Gasteiger partial charge in [0.2, 0.25) is 0 Å². The third-order valence-corrected chi connectivity index (χ3v) is 4.35. The number of ether oxygens (including phenoxy) is 1. The van der Waals surface area contributed by atoms with Crippen LogP contribution in [0.1, 0.15) is 59.8 Å². The molecule has 3 heteroatoms. The minimum absolute atomic E-state index is 0.676. The average molecular weight is 284 g/mol. The molecule has 0 radical (unpaired) electrons. The van der Waals surface area contributed by atoms with Gasteiger partial charge in [-0.05, 0) is 25.2 Å². The Morgan fingerprint density at radius 2 is 1.85 bits per heavy atom. The maximum atomic E-state index is 5.49. The van der Waals surface area contributed by atoms with Crippen LogP contribution in [0.15, 0.2) is 0 Å². The van der Waals surface area contributed by atoms with Crippen LogP contribution in [-0.4, -0.2) is 49.8 Å². The van der Waals surface area contributed by atoms with Gasteiger partial charge in [-0.1, -0.05) is 40.5 Å². The van der Waals surface area contributed by atoms with Crippen molar-refractivity contribution < 1.29 is 4.74 Å². The summed E-state index contributed by atoms with van der Waals surface area (Å²) in [6, 6.07) is 1.38. The smallest absolute Gasteiger partial charge is 0.0594 e. The first-order chi connectivity index (χ1) is 9.67. The summed E-state index contributed by atoms with van der Waals surface area (Å²) >= 11 is 0. The Hall–Kier alpha value is -0.120. The molecule has 2 unspecified atom stereocenters. The van der Waals surface area contributed by atoms with Crippen LogP contribution in [0.4, 0.5) is 0 Å². The summed E-state index contributed by atoms with van der Waals surface area (Å²) in [5, 5.41) is 3.82. The molecule has 1 aliphatic rings. The maximum Gasteiger partial charge on any atom is 0.0594 e. The summed E-state index contributed by atoms with van der Waals surface area (Å²) in [5.41, 5.74) is 0. The SMILES string of the molecule is CCCCC(CC)NCC(CC(C)C)N1CCOCC1. The van der Waals surface area contributed by atoms with Gasteiger partial charge in [-0.3, -0.25) is 4.90 Å². The van der Waals surface area contributed by atoms with E-state index >= 15 is 0 Å². The molecule has 0 aromatic heterocycles. The fraction of sp³-hybridized carbons (Fsp3) is 1.00. The van der Waals surface area contributed by atoms with Crippen LogP contribution in [0.3, 0.4) is 0 Å². The number of nitrogens with zero attached hydrogens (tertiary/aromatic N) is 1. The maximum absolute atomic E-state index is 5.49. The number of rotatable bonds is 10. The van der Waals surface area contributed by atoms with E-state index < -0.39 is 0 Å². The first-order valence-electron chi connectivity index (χ1n) is 8.72. The molecule has 0 bridgehead atoms. The summed E-state index contributed by atoms with van der Waals surface area (Å²) < 4.78 is 5.49. The third-order valence-electron chi connectivity index (χ3n) is 4.35. The van der Waals surface area contributed by atoms with Gasteiger partial charge in [-0.2, -0.15) is 0 Å². The summed E-state index contributed by atoms with van der Waals surface area (Å²) in [6.07, 6.45) is 6.51. The van der Waals surface area contributed by atoms with E-state index in [2.05, 4.69) is 37.9 Å². The monoisotopic (exact) mass is 284 g/mol. The second-order valence-electron chi connectivity index (χ2n) is 6.59. The molecule has 1 heterocycles. The highest BCUT2D eigenvalue weighted by Gasteiger charge is 2.22. The van der Waals surface area contributed by atoms with Gasteiger partial charge in [0.1, 0.15) is 0 Å². The van der Waals surface area contributed by atoms with Crippen molar-refractivity contribution in [2.24, 2.45) is 5.92 Å². The van der Waals surface area contributed by atoms with Crippen molar-refractivity contribution >= 4 is 0 Å². The van der Waals surface area contributed by atoms with Gasteiger partial charge >= 0.3 is 0 Å². The fourth-order valence-electron chi connectivity index (χ4n) is 3.05. The van der Waals surface area contributed by atoms with E-state index in [1.165, 1.54) is 32.1 Å². The molecule has 120 valence electrons. The van der Waals surface area contributed by atoms with Gasteiger partial charge < -0.3 is 10.1 Å². The molecule has 0 aromatic carbocycles. The lowest BCUT2D eigenvalue weighted by atomic mass is 10.0. The van der Waals surface area contributed by atoms with Gasteiger partial charge in [0.15, 0.2) is 0 Å². The lowest BCUT2D eigenvalue weighted by Gasteiger charge is -2.36. The van der Waals surface area contributed by atoms with Crippen LogP contribution in [0.25, 0.3) is 0 Å². The lowest BCUT2D eigenvalue weighted by molar-refractivity contribution is 0.0117. The van der Waals surface area contributed by atoms with Crippen LogP contribution in [0, 0.1) is 5.92 Å². The first-order valence-corrected chi connectivity index (χ1v) is 8.72. The first kappa shape index (κ1) is 17.9.